The van der Waals surface area contributed by atoms with Crippen LogP contribution in [0.4, 0.5) is 0 Å². The van der Waals surface area contributed by atoms with Gasteiger partial charge in [0.1, 0.15) is 11.2 Å². The van der Waals surface area contributed by atoms with Crippen LogP contribution in [0.3, 0.4) is 0 Å². The summed E-state index contributed by atoms with van der Waals surface area (Å²) in [6.07, 6.45) is 0. The summed E-state index contributed by atoms with van der Waals surface area (Å²) in [5.41, 5.74) is 6.41. The molecule has 0 unspecified atom stereocenters. The van der Waals surface area contributed by atoms with Gasteiger partial charge in [0.15, 0.2) is 17.5 Å². The summed E-state index contributed by atoms with van der Waals surface area (Å²) < 4.78 is 50.4. The van der Waals surface area contributed by atoms with Crippen LogP contribution in [0.1, 0.15) is 6.85 Å². The molecular weight excluding hydrogens is 631 g/mol. The van der Waals surface area contributed by atoms with Crippen molar-refractivity contribution in [2.75, 3.05) is 0 Å². The Hall–Kier alpha value is -6.43. The van der Waals surface area contributed by atoms with Gasteiger partial charge in [0.2, 0.25) is 0 Å². The molecule has 0 aliphatic carbocycles. The largest absolute Gasteiger partial charge is 0.455 e. The molecule has 234 valence electrons. The first kappa shape index (κ1) is 23.8. The zero-order valence-electron chi connectivity index (χ0n) is 31.4. The lowest BCUT2D eigenvalue weighted by atomic mass is 10.0. The molecule has 10 rings (SSSR count). The van der Waals surface area contributed by atoms with Crippen LogP contribution in [-0.4, -0.2) is 15.0 Å². The van der Waals surface area contributed by atoms with E-state index in [-0.39, 0.29) is 17.6 Å². The summed E-state index contributed by atoms with van der Waals surface area (Å²) in [5.74, 6) is 1.58. The van der Waals surface area contributed by atoms with Gasteiger partial charge >= 0.3 is 0 Å². The maximum Gasteiger partial charge on any atom is 0.164 e. The minimum absolute atomic E-state index is 0.0948. The molecular formula is C45H27N3OS. The summed E-state index contributed by atoms with van der Waals surface area (Å²) >= 11 is 1.76. The highest BCUT2D eigenvalue weighted by Crippen LogP contribution is 2.42. The number of fused-ring (bicyclic) bond motifs is 6. The third kappa shape index (κ3) is 4.79. The van der Waals surface area contributed by atoms with Crippen molar-refractivity contribution in [3.8, 4) is 56.4 Å². The van der Waals surface area contributed by atoms with Gasteiger partial charge in [0.05, 0.1) is 6.85 Å². The van der Waals surface area contributed by atoms with Crippen LogP contribution in [0, 0.1) is 0 Å². The van der Waals surface area contributed by atoms with E-state index in [0.29, 0.717) is 34.2 Å². The fraction of sp³-hybridized carbons (Fsp3) is 0. The Morgan fingerprint density at radius 3 is 1.86 bits per heavy atom. The second kappa shape index (κ2) is 11.6. The van der Waals surface area contributed by atoms with E-state index in [9.17, 15) is 0 Å². The second-order valence-corrected chi connectivity index (χ2v) is 13.1. The molecule has 0 aliphatic heterocycles. The van der Waals surface area contributed by atoms with E-state index in [2.05, 4.69) is 60.7 Å². The molecule has 0 N–H and O–H groups in total. The third-order valence-electron chi connectivity index (χ3n) is 9.03. The number of benzene rings is 7. The van der Waals surface area contributed by atoms with E-state index in [1.54, 1.807) is 17.4 Å². The standard InChI is InChI=1S/C45H27N3OS/c1-4-12-28(13-5-1)33-18-10-20-36-38-26-31(23-25-39(38)49-41(33)36)44-46-43(30-16-8-3-9-17-30)47-45(48-44)32-22-24-35-37-21-11-19-34(29-14-6-2-7-15-29)42(37)50-40(35)27-32/h1-27H/i1D,4D,5D,12D,13D. The monoisotopic (exact) mass is 662 g/mol. The topological polar surface area (TPSA) is 51.8 Å². The number of hydrogen-bond donors (Lipinski definition) is 0. The average molecular weight is 663 g/mol. The summed E-state index contributed by atoms with van der Waals surface area (Å²) in [5, 5.41) is 3.92. The lowest BCUT2D eigenvalue weighted by molar-refractivity contribution is 0.670. The van der Waals surface area contributed by atoms with Crippen molar-refractivity contribution in [2.24, 2.45) is 0 Å². The Morgan fingerprint density at radius 1 is 0.460 bits per heavy atom. The summed E-state index contributed by atoms with van der Waals surface area (Å²) in [6.45, 7) is 0. The van der Waals surface area contributed by atoms with Gasteiger partial charge in [-0.3, -0.25) is 0 Å². The van der Waals surface area contributed by atoms with Gasteiger partial charge in [0.25, 0.3) is 0 Å². The highest BCUT2D eigenvalue weighted by atomic mass is 32.1. The quantitative estimate of drug-likeness (QED) is 0.184. The maximum absolute atomic E-state index is 8.59. The molecule has 5 heteroatoms. The SMILES string of the molecule is [2H]c1c([2H])c([2H])c(-c2cccc3c2oc2ccc(-c4nc(-c5ccccc5)nc(-c5ccc6c(c5)sc5c(-c7ccccc7)cccc56)n4)cc23)c([2H])c1[2H]. The molecule has 0 fully saturated rings. The van der Waals surface area contributed by atoms with Crippen LogP contribution < -0.4 is 0 Å². The molecule has 10 aromatic rings. The molecule has 0 atom stereocenters. The van der Waals surface area contributed by atoms with E-state index in [0.717, 1.165) is 32.2 Å². The third-order valence-corrected chi connectivity index (χ3v) is 10.2. The van der Waals surface area contributed by atoms with Crippen molar-refractivity contribution in [1.82, 2.24) is 15.0 Å². The van der Waals surface area contributed by atoms with Crippen molar-refractivity contribution in [3.63, 3.8) is 0 Å². The minimum Gasteiger partial charge on any atom is -0.455 e. The van der Waals surface area contributed by atoms with Crippen LogP contribution in [0.25, 0.3) is 98.5 Å². The molecule has 3 heterocycles. The molecule has 50 heavy (non-hydrogen) atoms. The zero-order valence-corrected chi connectivity index (χ0v) is 27.2. The van der Waals surface area contributed by atoms with E-state index in [1.165, 1.54) is 26.6 Å². The Bertz CT molecular complexity index is 3130. The lowest BCUT2D eigenvalue weighted by Crippen LogP contribution is -2.00. The molecule has 0 spiro atoms. The number of furan rings is 1. The molecule has 0 aliphatic rings. The first-order chi connectivity index (χ1) is 26.8. The van der Waals surface area contributed by atoms with E-state index >= 15 is 0 Å². The average Bonchev–Trinajstić information content (AvgIpc) is 3.81. The number of para-hydroxylation sites is 1. The van der Waals surface area contributed by atoms with Gasteiger partial charge < -0.3 is 4.42 Å². The van der Waals surface area contributed by atoms with Crippen molar-refractivity contribution in [2.45, 2.75) is 0 Å². The lowest BCUT2D eigenvalue weighted by Gasteiger charge is -2.09. The van der Waals surface area contributed by atoms with E-state index in [1.807, 2.05) is 66.7 Å². The predicted octanol–water partition coefficient (Wildman–Crippen LogP) is 12.5. The van der Waals surface area contributed by atoms with Gasteiger partial charge in [-0.15, -0.1) is 11.3 Å². The first-order valence-electron chi connectivity index (χ1n) is 18.7. The summed E-state index contributed by atoms with van der Waals surface area (Å²) in [4.78, 5) is 15.0. The second-order valence-electron chi connectivity index (χ2n) is 12.0. The van der Waals surface area contributed by atoms with Gasteiger partial charge in [-0.25, -0.2) is 15.0 Å². The highest BCUT2D eigenvalue weighted by molar-refractivity contribution is 7.26. The molecule has 7 aromatic carbocycles. The minimum atomic E-state index is -0.437. The predicted molar refractivity (Wildman–Crippen MR) is 207 cm³/mol. The number of thiophene rings is 1. The zero-order chi connectivity index (χ0) is 37.4. The van der Waals surface area contributed by atoms with Crippen molar-refractivity contribution in [1.29, 1.82) is 0 Å². The molecule has 0 radical (unpaired) electrons. The fourth-order valence-electron chi connectivity index (χ4n) is 6.65. The van der Waals surface area contributed by atoms with Gasteiger partial charge in [0, 0.05) is 53.2 Å². The molecule has 4 nitrogen and oxygen atoms in total. The Morgan fingerprint density at radius 2 is 1.10 bits per heavy atom. The van der Waals surface area contributed by atoms with Crippen LogP contribution in [-0.2, 0) is 0 Å². The fourth-order valence-corrected chi connectivity index (χ4v) is 7.93. The van der Waals surface area contributed by atoms with Crippen LogP contribution in [0.2, 0.25) is 0 Å². The van der Waals surface area contributed by atoms with Crippen LogP contribution in [0.15, 0.2) is 168 Å². The van der Waals surface area contributed by atoms with Crippen molar-refractivity contribution < 1.29 is 11.3 Å². The Kier molecular flexibility index (Phi) is 5.54. The molecule has 0 saturated carbocycles. The summed E-state index contributed by atoms with van der Waals surface area (Å²) in [7, 11) is 0. The normalized spacial score (nSPS) is 13.0. The smallest absolute Gasteiger partial charge is 0.164 e. The Balaban J connectivity index is 1.13. The maximum atomic E-state index is 8.59. The summed E-state index contributed by atoms with van der Waals surface area (Å²) in [6, 6.07) is 42.5. The molecule has 0 saturated heterocycles. The highest BCUT2D eigenvalue weighted by Gasteiger charge is 2.18. The molecule has 0 bridgehead atoms. The number of hydrogen-bond acceptors (Lipinski definition) is 5. The van der Waals surface area contributed by atoms with E-state index < -0.39 is 18.1 Å². The van der Waals surface area contributed by atoms with Crippen LogP contribution in [0.5, 0.6) is 0 Å². The Labute approximate surface area is 299 Å². The van der Waals surface area contributed by atoms with Gasteiger partial charge in [-0.2, -0.15) is 0 Å². The first-order valence-corrected chi connectivity index (χ1v) is 17.0. The number of nitrogens with zero attached hydrogens (tertiary/aromatic N) is 3. The molecule has 3 aromatic heterocycles. The number of aromatic nitrogens is 3. The van der Waals surface area contributed by atoms with Gasteiger partial charge in [-0.1, -0.05) is 139 Å². The van der Waals surface area contributed by atoms with Crippen LogP contribution >= 0.6 is 11.3 Å². The van der Waals surface area contributed by atoms with E-state index in [4.69, 9.17) is 26.2 Å². The number of rotatable bonds is 5. The van der Waals surface area contributed by atoms with Crippen molar-refractivity contribution in [3.05, 3.63) is 164 Å². The van der Waals surface area contributed by atoms with Crippen molar-refractivity contribution >= 4 is 53.4 Å². The molecule has 0 amide bonds. The van der Waals surface area contributed by atoms with Gasteiger partial charge in [-0.05, 0) is 41.0 Å².